The summed E-state index contributed by atoms with van der Waals surface area (Å²) in [6.45, 7) is 1.62. The van der Waals surface area contributed by atoms with E-state index in [4.69, 9.17) is 21.1 Å². The van der Waals surface area contributed by atoms with Gasteiger partial charge in [-0.15, -0.1) is 0 Å². The molecule has 0 radical (unpaired) electrons. The molecule has 0 aliphatic rings. The smallest absolute Gasteiger partial charge is 0.243 e. The lowest BCUT2D eigenvalue weighted by Gasteiger charge is -2.21. The van der Waals surface area contributed by atoms with E-state index in [2.05, 4.69) is 5.32 Å². The zero-order valence-corrected chi connectivity index (χ0v) is 18.4. The molecule has 2 aromatic carbocycles. The first-order valence-corrected chi connectivity index (χ1v) is 10.8. The molecule has 0 bridgehead atoms. The van der Waals surface area contributed by atoms with Gasteiger partial charge in [-0.1, -0.05) is 24.6 Å². The fourth-order valence-corrected chi connectivity index (χ4v) is 4.06. The molecule has 0 aliphatic carbocycles. The highest BCUT2D eigenvalue weighted by molar-refractivity contribution is 7.89. The number of amides is 1. The van der Waals surface area contributed by atoms with Gasteiger partial charge in [0, 0.05) is 12.1 Å². The Labute approximate surface area is 176 Å². The summed E-state index contributed by atoms with van der Waals surface area (Å²) in [6.07, 6.45) is 0.620. The molecule has 0 spiro atoms. The molecule has 1 amide bonds. The minimum atomic E-state index is -3.80. The fraction of sp³-hybridized carbons (Fsp3) is 0.350. The maximum absolute atomic E-state index is 12.6. The topological polar surface area (TPSA) is 84.9 Å². The second-order valence-corrected chi connectivity index (χ2v) is 8.84. The van der Waals surface area contributed by atoms with E-state index in [0.29, 0.717) is 22.9 Å². The maximum atomic E-state index is 12.6. The van der Waals surface area contributed by atoms with Crippen molar-refractivity contribution in [1.82, 2.24) is 9.62 Å². The van der Waals surface area contributed by atoms with E-state index in [1.54, 1.807) is 19.2 Å². The van der Waals surface area contributed by atoms with Gasteiger partial charge in [-0.05, 0) is 48.4 Å². The van der Waals surface area contributed by atoms with Crippen LogP contribution in [0.2, 0.25) is 5.02 Å². The normalized spacial score (nSPS) is 12.5. The summed E-state index contributed by atoms with van der Waals surface area (Å²) >= 11 is 5.81. The van der Waals surface area contributed by atoms with E-state index in [-0.39, 0.29) is 17.5 Å². The molecule has 0 aliphatic heterocycles. The summed E-state index contributed by atoms with van der Waals surface area (Å²) in [5.41, 5.74) is 0.835. The zero-order chi connectivity index (χ0) is 21.6. The second kappa shape index (κ2) is 9.96. The third-order valence-corrected chi connectivity index (χ3v) is 6.51. The van der Waals surface area contributed by atoms with Gasteiger partial charge < -0.3 is 14.8 Å². The monoisotopic (exact) mass is 440 g/mol. The molecule has 1 atom stereocenters. The van der Waals surface area contributed by atoms with Crippen molar-refractivity contribution in [3.63, 3.8) is 0 Å². The first-order chi connectivity index (χ1) is 13.7. The third-order valence-electron chi connectivity index (χ3n) is 4.44. The van der Waals surface area contributed by atoms with Crippen LogP contribution in [0.3, 0.4) is 0 Å². The van der Waals surface area contributed by atoms with Crippen LogP contribution in [-0.2, 0) is 14.8 Å². The van der Waals surface area contributed by atoms with E-state index < -0.39 is 15.9 Å². The second-order valence-electron chi connectivity index (χ2n) is 6.36. The molecule has 1 N–H and O–H groups in total. The van der Waals surface area contributed by atoms with Crippen molar-refractivity contribution in [3.8, 4) is 11.5 Å². The lowest BCUT2D eigenvalue weighted by molar-refractivity contribution is -0.121. The largest absolute Gasteiger partial charge is 0.493 e. The Bertz CT molecular complexity index is 948. The molecule has 0 unspecified atom stereocenters. The first-order valence-electron chi connectivity index (χ1n) is 8.96. The number of ether oxygens (including phenoxy) is 2. The Balaban J connectivity index is 2.10. The predicted molar refractivity (Wildman–Crippen MR) is 112 cm³/mol. The van der Waals surface area contributed by atoms with E-state index in [9.17, 15) is 13.2 Å². The van der Waals surface area contributed by atoms with Gasteiger partial charge in [-0.2, -0.15) is 4.31 Å². The van der Waals surface area contributed by atoms with Crippen LogP contribution < -0.4 is 14.8 Å². The number of carbonyl (C=O) groups excluding carboxylic acids is 1. The van der Waals surface area contributed by atoms with Crippen LogP contribution in [0.1, 0.15) is 24.9 Å². The summed E-state index contributed by atoms with van der Waals surface area (Å²) in [5, 5.41) is 3.31. The Hall–Kier alpha value is -2.29. The maximum Gasteiger partial charge on any atom is 0.243 e. The number of likely N-dealkylation sites (N-methyl/N-ethyl adjacent to an activating group) is 1. The number of benzene rings is 2. The lowest BCUT2D eigenvalue weighted by Crippen LogP contribution is -2.39. The van der Waals surface area contributed by atoms with Crippen molar-refractivity contribution >= 4 is 27.5 Å². The van der Waals surface area contributed by atoms with E-state index in [1.165, 1.54) is 38.4 Å². The Morgan fingerprint density at radius 1 is 1.10 bits per heavy atom. The van der Waals surface area contributed by atoms with E-state index in [0.717, 1.165) is 9.87 Å². The van der Waals surface area contributed by atoms with Gasteiger partial charge in [0.1, 0.15) is 0 Å². The summed E-state index contributed by atoms with van der Waals surface area (Å²) in [7, 11) is 0.650. The molecule has 0 aromatic heterocycles. The molecule has 2 aromatic rings. The molecule has 9 heteroatoms. The zero-order valence-electron chi connectivity index (χ0n) is 16.8. The van der Waals surface area contributed by atoms with Crippen LogP contribution in [0.25, 0.3) is 0 Å². The van der Waals surface area contributed by atoms with E-state index >= 15 is 0 Å². The van der Waals surface area contributed by atoms with Crippen LogP contribution in [0.4, 0.5) is 0 Å². The average Bonchev–Trinajstić information content (AvgIpc) is 2.71. The van der Waals surface area contributed by atoms with Gasteiger partial charge in [-0.3, -0.25) is 4.79 Å². The molecule has 0 saturated heterocycles. The number of sulfonamides is 1. The van der Waals surface area contributed by atoms with Gasteiger partial charge >= 0.3 is 0 Å². The van der Waals surface area contributed by atoms with Crippen LogP contribution in [0.5, 0.6) is 11.5 Å². The quantitative estimate of drug-likeness (QED) is 0.647. The molecular formula is C20H25ClN2O5S. The molecule has 0 saturated carbocycles. The highest BCUT2D eigenvalue weighted by Crippen LogP contribution is 2.30. The fourth-order valence-electron chi connectivity index (χ4n) is 2.80. The highest BCUT2D eigenvalue weighted by Gasteiger charge is 2.24. The lowest BCUT2D eigenvalue weighted by atomic mass is 10.0. The number of hydrogen-bond acceptors (Lipinski definition) is 5. The SMILES string of the molecule is CC[C@H](NC(=O)CN(C)S(=O)(=O)c1ccc(Cl)cc1)c1ccc(OC)c(OC)c1. The van der Waals surface area contributed by atoms with Gasteiger partial charge in [0.05, 0.1) is 31.7 Å². The predicted octanol–water partition coefficient (Wildman–Crippen LogP) is 3.25. The molecule has 0 heterocycles. The van der Waals surface area contributed by atoms with Gasteiger partial charge in [0.2, 0.25) is 15.9 Å². The van der Waals surface area contributed by atoms with Crippen LogP contribution in [-0.4, -0.2) is 46.4 Å². The average molecular weight is 441 g/mol. The summed E-state index contributed by atoms with van der Waals surface area (Å²) in [4.78, 5) is 12.6. The number of methoxy groups -OCH3 is 2. The van der Waals surface area contributed by atoms with Crippen molar-refractivity contribution in [2.45, 2.75) is 24.3 Å². The first kappa shape index (κ1) is 23.0. The molecule has 29 heavy (non-hydrogen) atoms. The summed E-state index contributed by atoms with van der Waals surface area (Å²) < 4.78 is 36.8. The molecule has 7 nitrogen and oxygen atoms in total. The summed E-state index contributed by atoms with van der Waals surface area (Å²) in [6, 6.07) is 10.9. The number of rotatable bonds is 9. The van der Waals surface area contributed by atoms with E-state index in [1.807, 2.05) is 13.0 Å². The number of nitrogens with zero attached hydrogens (tertiary/aromatic N) is 1. The van der Waals surface area contributed by atoms with Gasteiger partial charge in [-0.25, -0.2) is 8.42 Å². The van der Waals surface area contributed by atoms with Crippen molar-refractivity contribution in [2.75, 3.05) is 27.8 Å². The molecule has 2 rings (SSSR count). The standard InChI is InChI=1S/C20H25ClN2O5S/c1-5-17(14-6-11-18(27-3)19(12-14)28-4)22-20(24)13-23(2)29(25,26)16-9-7-15(21)8-10-16/h6-12,17H,5,13H2,1-4H3,(H,22,24)/t17-/m0/s1. The van der Waals surface area contributed by atoms with Crippen LogP contribution in [0, 0.1) is 0 Å². The van der Waals surface area contributed by atoms with Gasteiger partial charge in [0.25, 0.3) is 0 Å². The van der Waals surface area contributed by atoms with Crippen molar-refractivity contribution in [1.29, 1.82) is 0 Å². The molecule has 158 valence electrons. The van der Waals surface area contributed by atoms with Crippen molar-refractivity contribution < 1.29 is 22.7 Å². The highest BCUT2D eigenvalue weighted by atomic mass is 35.5. The van der Waals surface area contributed by atoms with Crippen molar-refractivity contribution in [3.05, 3.63) is 53.1 Å². The van der Waals surface area contributed by atoms with Gasteiger partial charge in [0.15, 0.2) is 11.5 Å². The number of carbonyl (C=O) groups is 1. The third kappa shape index (κ3) is 5.62. The Morgan fingerprint density at radius 2 is 1.72 bits per heavy atom. The number of nitrogens with one attached hydrogen (secondary N) is 1. The number of halogens is 1. The minimum absolute atomic E-state index is 0.0733. The van der Waals surface area contributed by atoms with Crippen LogP contribution in [0.15, 0.2) is 47.4 Å². The Kier molecular flexibility index (Phi) is 7.89. The molecular weight excluding hydrogens is 416 g/mol. The minimum Gasteiger partial charge on any atom is -0.493 e. The van der Waals surface area contributed by atoms with Crippen LogP contribution >= 0.6 is 11.6 Å². The molecule has 0 fully saturated rings. The number of hydrogen-bond donors (Lipinski definition) is 1. The Morgan fingerprint density at radius 3 is 2.28 bits per heavy atom. The summed E-state index contributed by atoms with van der Waals surface area (Å²) in [5.74, 6) is 0.734. The van der Waals surface area contributed by atoms with Crippen molar-refractivity contribution in [2.24, 2.45) is 0 Å².